The van der Waals surface area contributed by atoms with Gasteiger partial charge < -0.3 is 14.2 Å². The number of benzene rings is 2. The molecule has 2 aromatic carbocycles. The third kappa shape index (κ3) is 2.79. The highest BCUT2D eigenvalue weighted by Crippen LogP contribution is 2.31. The number of imidazole rings is 1. The quantitative estimate of drug-likeness (QED) is 0.619. The lowest BCUT2D eigenvalue weighted by molar-refractivity contribution is 0.433. The fourth-order valence-electron chi connectivity index (χ4n) is 2.64. The first-order chi connectivity index (χ1) is 11.8. The molecule has 0 radical (unpaired) electrons. The third-order valence-electron chi connectivity index (χ3n) is 3.83. The summed E-state index contributed by atoms with van der Waals surface area (Å²) in [5.74, 6) is 0.854. The Bertz CT molecular complexity index is 958. The number of nitrogens with zero attached hydrogens (tertiary/aromatic N) is 3. The predicted octanol–water partition coefficient (Wildman–Crippen LogP) is 3.96. The molecule has 5 heteroatoms. The highest BCUT2D eigenvalue weighted by Gasteiger charge is 2.11. The van der Waals surface area contributed by atoms with Crippen LogP contribution in [0.4, 0.5) is 0 Å². The molecular weight excluding hydrogens is 302 g/mol. The van der Waals surface area contributed by atoms with Crippen molar-refractivity contribution in [3.8, 4) is 28.3 Å². The number of rotatable bonds is 4. The Labute approximate surface area is 138 Å². The molecule has 4 aromatic rings. The van der Waals surface area contributed by atoms with Crippen LogP contribution in [0, 0.1) is 0 Å². The van der Waals surface area contributed by atoms with E-state index in [2.05, 4.69) is 22.3 Å². The van der Waals surface area contributed by atoms with E-state index in [9.17, 15) is 5.11 Å². The Morgan fingerprint density at radius 3 is 2.79 bits per heavy atom. The number of hydrogen-bond donors (Lipinski definition) is 1. The second kappa shape index (κ2) is 6.04. The molecule has 4 rings (SSSR count). The molecular formula is C19H15N3O2. The summed E-state index contributed by atoms with van der Waals surface area (Å²) >= 11 is 0. The van der Waals surface area contributed by atoms with Crippen LogP contribution in [0.15, 0.2) is 77.8 Å². The molecule has 0 amide bonds. The largest absolute Gasteiger partial charge is 0.507 e. The Kier molecular flexibility index (Phi) is 3.59. The molecule has 118 valence electrons. The van der Waals surface area contributed by atoms with Crippen LogP contribution in [0.25, 0.3) is 22.6 Å². The van der Waals surface area contributed by atoms with Gasteiger partial charge in [0, 0.05) is 36.1 Å². The summed E-state index contributed by atoms with van der Waals surface area (Å²) in [4.78, 5) is 4.05. The van der Waals surface area contributed by atoms with Gasteiger partial charge in [0.25, 0.3) is 0 Å². The maximum absolute atomic E-state index is 9.94. The molecule has 0 atom stereocenters. The zero-order valence-electron chi connectivity index (χ0n) is 12.8. The van der Waals surface area contributed by atoms with Gasteiger partial charge in [-0.1, -0.05) is 35.5 Å². The Hall–Kier alpha value is -3.34. The van der Waals surface area contributed by atoms with Crippen LogP contribution in [-0.2, 0) is 6.54 Å². The van der Waals surface area contributed by atoms with Gasteiger partial charge in [-0.25, -0.2) is 4.98 Å². The molecule has 2 aromatic heterocycles. The van der Waals surface area contributed by atoms with Crippen LogP contribution < -0.4 is 0 Å². The van der Waals surface area contributed by atoms with E-state index in [4.69, 9.17) is 4.52 Å². The molecule has 24 heavy (non-hydrogen) atoms. The summed E-state index contributed by atoms with van der Waals surface area (Å²) in [5.41, 5.74) is 3.36. The minimum absolute atomic E-state index is 0.186. The van der Waals surface area contributed by atoms with Gasteiger partial charge in [0.1, 0.15) is 11.4 Å². The van der Waals surface area contributed by atoms with Crippen molar-refractivity contribution in [1.29, 1.82) is 0 Å². The van der Waals surface area contributed by atoms with E-state index < -0.39 is 0 Å². The summed E-state index contributed by atoms with van der Waals surface area (Å²) < 4.78 is 7.48. The van der Waals surface area contributed by atoms with Crippen LogP contribution in [-0.4, -0.2) is 19.8 Å². The van der Waals surface area contributed by atoms with Crippen LogP contribution in [0.5, 0.6) is 5.75 Å². The fourth-order valence-corrected chi connectivity index (χ4v) is 2.64. The molecule has 0 fully saturated rings. The van der Waals surface area contributed by atoms with Gasteiger partial charge in [-0.05, 0) is 23.8 Å². The molecule has 0 aliphatic rings. The summed E-state index contributed by atoms with van der Waals surface area (Å²) in [7, 11) is 0. The minimum atomic E-state index is 0.186. The highest BCUT2D eigenvalue weighted by molar-refractivity contribution is 5.71. The number of phenolic OH excluding ortho intramolecular Hbond substituents is 1. The first kappa shape index (κ1) is 14.3. The number of phenols is 1. The van der Waals surface area contributed by atoms with Crippen molar-refractivity contribution in [2.24, 2.45) is 0 Å². The zero-order chi connectivity index (χ0) is 16.4. The van der Waals surface area contributed by atoms with E-state index in [0.29, 0.717) is 17.0 Å². The van der Waals surface area contributed by atoms with Crippen molar-refractivity contribution in [2.45, 2.75) is 6.54 Å². The van der Waals surface area contributed by atoms with Crippen molar-refractivity contribution in [3.63, 3.8) is 0 Å². The van der Waals surface area contributed by atoms with Crippen molar-refractivity contribution in [1.82, 2.24) is 14.7 Å². The molecule has 0 aliphatic carbocycles. The van der Waals surface area contributed by atoms with Gasteiger partial charge >= 0.3 is 0 Å². The third-order valence-corrected chi connectivity index (χ3v) is 3.83. The molecule has 5 nitrogen and oxygen atoms in total. The monoisotopic (exact) mass is 317 g/mol. The lowest BCUT2D eigenvalue weighted by Gasteiger charge is -2.04. The SMILES string of the molecule is Oc1ccccc1-c1cc(-c2cccc(Cn3ccnc3)c2)on1. The lowest BCUT2D eigenvalue weighted by atomic mass is 10.1. The highest BCUT2D eigenvalue weighted by atomic mass is 16.5. The van der Waals surface area contributed by atoms with Gasteiger partial charge in [0.15, 0.2) is 5.76 Å². The molecule has 2 heterocycles. The Balaban J connectivity index is 1.64. The van der Waals surface area contributed by atoms with E-state index in [1.165, 1.54) is 0 Å². The fraction of sp³-hybridized carbons (Fsp3) is 0.0526. The second-order valence-corrected chi connectivity index (χ2v) is 5.53. The van der Waals surface area contributed by atoms with E-state index in [-0.39, 0.29) is 5.75 Å². The Morgan fingerprint density at radius 1 is 1.04 bits per heavy atom. The van der Waals surface area contributed by atoms with E-state index in [1.807, 2.05) is 41.1 Å². The molecule has 0 bridgehead atoms. The number of para-hydroxylation sites is 1. The average Bonchev–Trinajstić information content (AvgIpc) is 3.27. The van der Waals surface area contributed by atoms with Gasteiger partial charge in [-0.15, -0.1) is 0 Å². The van der Waals surface area contributed by atoms with Crippen LogP contribution in [0.3, 0.4) is 0 Å². The van der Waals surface area contributed by atoms with Gasteiger partial charge in [0.2, 0.25) is 0 Å². The molecule has 0 unspecified atom stereocenters. The first-order valence-electron chi connectivity index (χ1n) is 7.60. The van der Waals surface area contributed by atoms with Gasteiger partial charge in [0.05, 0.1) is 6.33 Å². The summed E-state index contributed by atoms with van der Waals surface area (Å²) in [6.07, 6.45) is 5.48. The molecule has 1 N–H and O–H groups in total. The predicted molar refractivity (Wildman–Crippen MR) is 90.4 cm³/mol. The van der Waals surface area contributed by atoms with E-state index >= 15 is 0 Å². The van der Waals surface area contributed by atoms with Crippen molar-refractivity contribution >= 4 is 0 Å². The zero-order valence-corrected chi connectivity index (χ0v) is 12.8. The number of aromatic hydroxyl groups is 1. The van der Waals surface area contributed by atoms with Gasteiger partial charge in [-0.2, -0.15) is 0 Å². The normalized spacial score (nSPS) is 10.8. The number of aromatic nitrogens is 3. The summed E-state index contributed by atoms with van der Waals surface area (Å²) in [6.45, 7) is 0.744. The van der Waals surface area contributed by atoms with E-state index in [0.717, 1.165) is 17.7 Å². The van der Waals surface area contributed by atoms with E-state index in [1.54, 1.807) is 24.7 Å². The standard InChI is InChI=1S/C19H15N3O2/c23-18-7-2-1-6-16(18)17-11-19(24-21-17)15-5-3-4-14(10-15)12-22-9-8-20-13-22/h1-11,13,23H,12H2. The lowest BCUT2D eigenvalue weighted by Crippen LogP contribution is -1.96. The molecule has 0 spiro atoms. The minimum Gasteiger partial charge on any atom is -0.507 e. The van der Waals surface area contributed by atoms with Crippen molar-refractivity contribution in [2.75, 3.05) is 0 Å². The van der Waals surface area contributed by atoms with Gasteiger partial charge in [-0.3, -0.25) is 0 Å². The summed E-state index contributed by atoms with van der Waals surface area (Å²) in [6, 6.07) is 17.0. The second-order valence-electron chi connectivity index (χ2n) is 5.53. The van der Waals surface area contributed by atoms with Crippen LogP contribution >= 0.6 is 0 Å². The van der Waals surface area contributed by atoms with Crippen LogP contribution in [0.2, 0.25) is 0 Å². The van der Waals surface area contributed by atoms with Crippen molar-refractivity contribution in [3.05, 3.63) is 78.9 Å². The van der Waals surface area contributed by atoms with Crippen molar-refractivity contribution < 1.29 is 9.63 Å². The van der Waals surface area contributed by atoms with Crippen LogP contribution in [0.1, 0.15) is 5.56 Å². The maximum Gasteiger partial charge on any atom is 0.167 e. The molecule has 0 aliphatic heterocycles. The summed E-state index contributed by atoms with van der Waals surface area (Å²) in [5, 5.41) is 14.0. The Morgan fingerprint density at radius 2 is 1.96 bits per heavy atom. The smallest absolute Gasteiger partial charge is 0.167 e. The topological polar surface area (TPSA) is 64.1 Å². The molecule has 0 saturated heterocycles. The maximum atomic E-state index is 9.94. The first-order valence-corrected chi connectivity index (χ1v) is 7.60. The molecule has 0 saturated carbocycles. The average molecular weight is 317 g/mol. The number of hydrogen-bond acceptors (Lipinski definition) is 4.